The van der Waals surface area contributed by atoms with Crippen LogP contribution in [-0.2, 0) is 14.2 Å². The van der Waals surface area contributed by atoms with Crippen LogP contribution in [0.3, 0.4) is 0 Å². The molecule has 2 atom stereocenters. The Hall–Kier alpha value is -0.120. The Morgan fingerprint density at radius 2 is 1.73 bits per heavy atom. The summed E-state index contributed by atoms with van der Waals surface area (Å²) < 4.78 is 16.1. The Morgan fingerprint density at radius 1 is 1.27 bits per heavy atom. The summed E-state index contributed by atoms with van der Waals surface area (Å²) in [5.74, 6) is -0.534. The molecule has 0 aromatic carbocycles. The lowest BCUT2D eigenvalue weighted by Crippen LogP contribution is -2.32. The highest BCUT2D eigenvalue weighted by molar-refractivity contribution is 4.77. The third kappa shape index (κ3) is 1.92. The van der Waals surface area contributed by atoms with Gasteiger partial charge in [0.1, 0.15) is 6.61 Å². The molecule has 0 aliphatic carbocycles. The Kier molecular flexibility index (Phi) is 2.52. The van der Waals surface area contributed by atoms with Gasteiger partial charge in [-0.1, -0.05) is 0 Å². The molecule has 1 rings (SSSR count). The van der Waals surface area contributed by atoms with E-state index in [1.807, 2.05) is 20.8 Å². The molecule has 0 aromatic rings. The van der Waals surface area contributed by atoms with Crippen molar-refractivity contribution in [2.45, 2.75) is 38.8 Å². The molecule has 0 saturated carbocycles. The van der Waals surface area contributed by atoms with Crippen molar-refractivity contribution in [3.05, 3.63) is 0 Å². The maximum absolute atomic E-state index is 5.55. The number of methoxy groups -OCH3 is 1. The molecule has 3 nitrogen and oxygen atoms in total. The zero-order valence-electron chi connectivity index (χ0n) is 7.59. The fourth-order valence-electron chi connectivity index (χ4n) is 1.34. The van der Waals surface area contributed by atoms with E-state index in [1.54, 1.807) is 7.11 Å². The van der Waals surface area contributed by atoms with Crippen LogP contribution in [0.2, 0.25) is 0 Å². The molecule has 1 aliphatic heterocycles. The maximum Gasteiger partial charge on any atom is 0.189 e. The van der Waals surface area contributed by atoms with E-state index in [-0.39, 0.29) is 12.2 Å². The third-order valence-electron chi connectivity index (χ3n) is 1.94. The van der Waals surface area contributed by atoms with Gasteiger partial charge in [-0.25, -0.2) is 0 Å². The molecule has 66 valence electrons. The van der Waals surface area contributed by atoms with E-state index in [4.69, 9.17) is 14.2 Å². The first-order valence-electron chi connectivity index (χ1n) is 3.92. The minimum atomic E-state index is -0.534. The van der Waals surface area contributed by atoms with Crippen molar-refractivity contribution in [2.24, 2.45) is 0 Å². The third-order valence-corrected chi connectivity index (χ3v) is 1.94. The van der Waals surface area contributed by atoms with E-state index >= 15 is 0 Å². The number of ether oxygens (including phenoxy) is 3. The van der Waals surface area contributed by atoms with E-state index in [0.717, 1.165) is 0 Å². The zero-order chi connectivity index (χ0) is 8.48. The highest BCUT2D eigenvalue weighted by atomic mass is 16.8. The van der Waals surface area contributed by atoms with Crippen LogP contribution in [0.25, 0.3) is 0 Å². The number of hydrogen-bond acceptors (Lipinski definition) is 3. The van der Waals surface area contributed by atoms with Crippen LogP contribution in [0.15, 0.2) is 0 Å². The predicted octanol–water partition coefficient (Wildman–Crippen LogP) is 1.17. The SMILES string of the molecule is COCC1(C)O[C@H](C)[C@@H](C)O1. The van der Waals surface area contributed by atoms with Crippen molar-refractivity contribution >= 4 is 0 Å². The van der Waals surface area contributed by atoms with Gasteiger partial charge in [-0.3, -0.25) is 0 Å². The van der Waals surface area contributed by atoms with Gasteiger partial charge in [-0.15, -0.1) is 0 Å². The van der Waals surface area contributed by atoms with Crippen molar-refractivity contribution < 1.29 is 14.2 Å². The van der Waals surface area contributed by atoms with Gasteiger partial charge in [0.2, 0.25) is 0 Å². The van der Waals surface area contributed by atoms with E-state index in [0.29, 0.717) is 6.61 Å². The lowest BCUT2D eigenvalue weighted by atomic mass is 10.3. The van der Waals surface area contributed by atoms with Gasteiger partial charge < -0.3 is 14.2 Å². The number of hydrogen-bond donors (Lipinski definition) is 0. The molecule has 0 amide bonds. The highest BCUT2D eigenvalue weighted by Gasteiger charge is 2.39. The van der Waals surface area contributed by atoms with Crippen LogP contribution in [0.4, 0.5) is 0 Å². The molecule has 0 radical (unpaired) electrons. The molecule has 0 bridgehead atoms. The topological polar surface area (TPSA) is 27.7 Å². The second kappa shape index (κ2) is 3.09. The summed E-state index contributed by atoms with van der Waals surface area (Å²) in [6.45, 7) is 6.40. The van der Waals surface area contributed by atoms with Gasteiger partial charge in [-0.2, -0.15) is 0 Å². The van der Waals surface area contributed by atoms with Crippen LogP contribution < -0.4 is 0 Å². The second-order valence-corrected chi connectivity index (χ2v) is 3.21. The summed E-state index contributed by atoms with van der Waals surface area (Å²) in [4.78, 5) is 0. The van der Waals surface area contributed by atoms with Gasteiger partial charge in [0.05, 0.1) is 12.2 Å². The molecule has 0 aromatic heterocycles. The number of rotatable bonds is 2. The summed E-state index contributed by atoms with van der Waals surface area (Å²) >= 11 is 0. The van der Waals surface area contributed by atoms with Gasteiger partial charge in [0, 0.05) is 7.11 Å². The molecular formula is C8H16O3. The van der Waals surface area contributed by atoms with Gasteiger partial charge in [-0.05, 0) is 20.8 Å². The molecule has 1 saturated heterocycles. The average Bonchev–Trinajstić information content (AvgIpc) is 2.08. The lowest BCUT2D eigenvalue weighted by Gasteiger charge is -2.21. The van der Waals surface area contributed by atoms with E-state index in [1.165, 1.54) is 0 Å². The normalized spacial score (nSPS) is 36.0. The van der Waals surface area contributed by atoms with Crippen molar-refractivity contribution in [2.75, 3.05) is 13.7 Å². The summed E-state index contributed by atoms with van der Waals surface area (Å²) in [7, 11) is 1.64. The first kappa shape index (κ1) is 8.97. The molecule has 1 fully saturated rings. The van der Waals surface area contributed by atoms with Crippen molar-refractivity contribution in [3.63, 3.8) is 0 Å². The first-order valence-corrected chi connectivity index (χ1v) is 3.92. The maximum atomic E-state index is 5.55. The second-order valence-electron chi connectivity index (χ2n) is 3.21. The first-order chi connectivity index (χ1) is 5.07. The summed E-state index contributed by atoms with van der Waals surface area (Å²) in [6, 6.07) is 0. The molecule has 0 N–H and O–H groups in total. The van der Waals surface area contributed by atoms with Crippen molar-refractivity contribution in [1.29, 1.82) is 0 Å². The fourth-order valence-corrected chi connectivity index (χ4v) is 1.34. The fraction of sp³-hybridized carbons (Fsp3) is 1.00. The summed E-state index contributed by atoms with van der Waals surface area (Å²) in [6.07, 6.45) is 0.324. The molecule has 1 heterocycles. The summed E-state index contributed by atoms with van der Waals surface area (Å²) in [5, 5.41) is 0. The Morgan fingerprint density at radius 3 is 2.09 bits per heavy atom. The molecule has 0 spiro atoms. The molecular weight excluding hydrogens is 144 g/mol. The van der Waals surface area contributed by atoms with E-state index in [2.05, 4.69) is 0 Å². The van der Waals surface area contributed by atoms with Crippen LogP contribution in [0, 0.1) is 0 Å². The Bertz CT molecular complexity index is 125. The smallest absolute Gasteiger partial charge is 0.189 e. The highest BCUT2D eigenvalue weighted by Crippen LogP contribution is 2.27. The molecule has 1 aliphatic rings. The van der Waals surface area contributed by atoms with Gasteiger partial charge in [0.15, 0.2) is 5.79 Å². The quantitative estimate of drug-likeness (QED) is 0.607. The summed E-state index contributed by atoms with van der Waals surface area (Å²) in [5.41, 5.74) is 0. The average molecular weight is 160 g/mol. The van der Waals surface area contributed by atoms with E-state index < -0.39 is 5.79 Å². The molecule has 3 heteroatoms. The largest absolute Gasteiger partial charge is 0.379 e. The molecule has 0 unspecified atom stereocenters. The zero-order valence-corrected chi connectivity index (χ0v) is 7.59. The van der Waals surface area contributed by atoms with Crippen LogP contribution in [0.1, 0.15) is 20.8 Å². The lowest BCUT2D eigenvalue weighted by molar-refractivity contribution is -0.188. The minimum Gasteiger partial charge on any atom is -0.379 e. The van der Waals surface area contributed by atoms with Crippen LogP contribution in [0.5, 0.6) is 0 Å². The van der Waals surface area contributed by atoms with Gasteiger partial charge in [0.25, 0.3) is 0 Å². The Balaban J connectivity index is 2.49. The standard InChI is InChI=1S/C8H16O3/c1-6-7(2)11-8(3,10-6)5-9-4/h6-7H,5H2,1-4H3/t6-,7-/m1/s1. The van der Waals surface area contributed by atoms with E-state index in [9.17, 15) is 0 Å². The minimum absolute atomic E-state index is 0.162. The van der Waals surface area contributed by atoms with Gasteiger partial charge >= 0.3 is 0 Å². The monoisotopic (exact) mass is 160 g/mol. The van der Waals surface area contributed by atoms with Crippen molar-refractivity contribution in [3.8, 4) is 0 Å². The van der Waals surface area contributed by atoms with Crippen LogP contribution in [-0.4, -0.2) is 31.7 Å². The van der Waals surface area contributed by atoms with Crippen LogP contribution >= 0.6 is 0 Å². The van der Waals surface area contributed by atoms with Crippen molar-refractivity contribution in [1.82, 2.24) is 0 Å². The Labute approximate surface area is 67.6 Å². The molecule has 11 heavy (non-hydrogen) atoms. The predicted molar refractivity (Wildman–Crippen MR) is 41.4 cm³/mol.